The van der Waals surface area contributed by atoms with Crippen molar-refractivity contribution in [3.8, 4) is 0 Å². The van der Waals surface area contributed by atoms with Gasteiger partial charge in [-0.3, -0.25) is 0 Å². The molecule has 0 aliphatic heterocycles. The fourth-order valence-electron chi connectivity index (χ4n) is 2.06. The van der Waals surface area contributed by atoms with Crippen molar-refractivity contribution >= 4 is 40.5 Å². The Kier molecular flexibility index (Phi) is 5.14. The second-order valence-corrected chi connectivity index (χ2v) is 5.77. The summed E-state index contributed by atoms with van der Waals surface area (Å²) in [7, 11) is 0. The Labute approximate surface area is 134 Å². The highest BCUT2D eigenvalue weighted by atomic mass is 35.5. The highest BCUT2D eigenvalue weighted by Crippen LogP contribution is 2.33. The zero-order valence-corrected chi connectivity index (χ0v) is 13.5. The van der Waals surface area contributed by atoms with Crippen LogP contribution in [0, 0.1) is 6.92 Å². The lowest BCUT2D eigenvalue weighted by molar-refractivity contribution is 0.748. The Morgan fingerprint density at radius 2 is 1.95 bits per heavy atom. The van der Waals surface area contributed by atoms with Gasteiger partial charge in [-0.1, -0.05) is 47.8 Å². The molecule has 0 saturated carbocycles. The Hall–Kier alpha value is -0.960. The second-order valence-electron chi connectivity index (χ2n) is 4.56. The second kappa shape index (κ2) is 6.66. The number of hydrogen-bond donors (Lipinski definition) is 1. The van der Waals surface area contributed by atoms with Crippen molar-refractivity contribution in [1.82, 2.24) is 4.98 Å². The molecular formula is C15H15Cl3N2. The van der Waals surface area contributed by atoms with Crippen LogP contribution in [0.4, 0.5) is 5.69 Å². The largest absolute Gasteiger partial charge is 0.375 e. The van der Waals surface area contributed by atoms with Crippen LogP contribution in [0.5, 0.6) is 0 Å². The van der Waals surface area contributed by atoms with Gasteiger partial charge >= 0.3 is 0 Å². The van der Waals surface area contributed by atoms with Crippen molar-refractivity contribution in [3.63, 3.8) is 0 Å². The highest BCUT2D eigenvalue weighted by Gasteiger charge is 2.16. The van der Waals surface area contributed by atoms with Crippen molar-refractivity contribution < 1.29 is 0 Å². The first-order valence-corrected chi connectivity index (χ1v) is 7.49. The van der Waals surface area contributed by atoms with Crippen LogP contribution in [-0.4, -0.2) is 4.98 Å². The maximum Gasteiger partial charge on any atom is 0.152 e. The van der Waals surface area contributed by atoms with Crippen molar-refractivity contribution in [1.29, 1.82) is 0 Å². The molecular weight excluding hydrogens is 315 g/mol. The van der Waals surface area contributed by atoms with E-state index in [0.717, 1.165) is 23.2 Å². The summed E-state index contributed by atoms with van der Waals surface area (Å²) >= 11 is 18.4. The first-order chi connectivity index (χ1) is 9.52. The van der Waals surface area contributed by atoms with E-state index in [2.05, 4.69) is 17.2 Å². The standard InChI is InChI=1S/C15H15Cl3N2/c1-3-13(11-5-4-10(16)8-12(11)17)20-14-9(2)6-7-19-15(14)18/h4-8,13,20H,3H2,1-2H3. The highest BCUT2D eigenvalue weighted by molar-refractivity contribution is 6.35. The van der Waals surface area contributed by atoms with Gasteiger partial charge in [0.25, 0.3) is 0 Å². The number of aromatic nitrogens is 1. The van der Waals surface area contributed by atoms with E-state index in [1.54, 1.807) is 12.3 Å². The van der Waals surface area contributed by atoms with Gasteiger partial charge in [0, 0.05) is 16.2 Å². The quantitative estimate of drug-likeness (QED) is 0.705. The molecule has 1 N–H and O–H groups in total. The number of rotatable bonds is 4. The molecule has 0 radical (unpaired) electrons. The van der Waals surface area contributed by atoms with Gasteiger partial charge in [-0.25, -0.2) is 4.98 Å². The predicted molar refractivity (Wildman–Crippen MR) is 87.1 cm³/mol. The van der Waals surface area contributed by atoms with E-state index in [-0.39, 0.29) is 6.04 Å². The van der Waals surface area contributed by atoms with Gasteiger partial charge < -0.3 is 5.32 Å². The molecule has 1 aromatic heterocycles. The number of nitrogens with zero attached hydrogens (tertiary/aromatic N) is 1. The van der Waals surface area contributed by atoms with Crippen LogP contribution in [-0.2, 0) is 0 Å². The molecule has 0 aliphatic carbocycles. The molecule has 1 atom stereocenters. The van der Waals surface area contributed by atoms with E-state index in [9.17, 15) is 0 Å². The molecule has 0 saturated heterocycles. The predicted octanol–water partition coefficient (Wildman–Crippen LogP) is 5.91. The van der Waals surface area contributed by atoms with Crippen LogP contribution in [0.15, 0.2) is 30.5 Å². The third-order valence-electron chi connectivity index (χ3n) is 3.18. The van der Waals surface area contributed by atoms with E-state index in [1.807, 2.05) is 25.1 Å². The summed E-state index contributed by atoms with van der Waals surface area (Å²) in [6.07, 6.45) is 2.56. The average molecular weight is 330 g/mol. The monoisotopic (exact) mass is 328 g/mol. The first kappa shape index (κ1) is 15.4. The third kappa shape index (κ3) is 3.38. The number of halogens is 3. The maximum atomic E-state index is 6.28. The zero-order valence-electron chi connectivity index (χ0n) is 11.3. The van der Waals surface area contributed by atoms with Gasteiger partial charge in [0.2, 0.25) is 0 Å². The molecule has 0 amide bonds. The van der Waals surface area contributed by atoms with Gasteiger partial charge in [0.05, 0.1) is 11.7 Å². The van der Waals surface area contributed by atoms with E-state index in [4.69, 9.17) is 34.8 Å². The zero-order chi connectivity index (χ0) is 14.7. The molecule has 0 aliphatic rings. The summed E-state index contributed by atoms with van der Waals surface area (Å²) < 4.78 is 0. The molecule has 5 heteroatoms. The molecule has 0 bridgehead atoms. The number of nitrogens with one attached hydrogen (secondary N) is 1. The number of pyridine rings is 1. The van der Waals surface area contributed by atoms with Crippen LogP contribution in [0.3, 0.4) is 0 Å². The Morgan fingerprint density at radius 3 is 2.55 bits per heavy atom. The van der Waals surface area contributed by atoms with Crippen molar-refractivity contribution in [2.45, 2.75) is 26.3 Å². The van der Waals surface area contributed by atoms with E-state index >= 15 is 0 Å². The van der Waals surface area contributed by atoms with Crippen LogP contribution < -0.4 is 5.32 Å². The molecule has 2 aromatic rings. The number of hydrogen-bond acceptors (Lipinski definition) is 2. The summed E-state index contributed by atoms with van der Waals surface area (Å²) in [4.78, 5) is 4.11. The summed E-state index contributed by atoms with van der Waals surface area (Å²) in [5.41, 5.74) is 2.89. The smallest absolute Gasteiger partial charge is 0.152 e. The normalized spacial score (nSPS) is 12.2. The maximum absolute atomic E-state index is 6.28. The molecule has 1 heterocycles. The average Bonchev–Trinajstić information content (AvgIpc) is 2.40. The van der Waals surface area contributed by atoms with Gasteiger partial charge in [0.1, 0.15) is 0 Å². The molecule has 2 nitrogen and oxygen atoms in total. The molecule has 0 spiro atoms. The lowest BCUT2D eigenvalue weighted by atomic mass is 10.0. The fraction of sp³-hybridized carbons (Fsp3) is 0.267. The van der Waals surface area contributed by atoms with Crippen molar-refractivity contribution in [3.05, 3.63) is 56.8 Å². The van der Waals surface area contributed by atoms with Crippen LogP contribution >= 0.6 is 34.8 Å². The van der Waals surface area contributed by atoms with E-state index < -0.39 is 0 Å². The lowest BCUT2D eigenvalue weighted by Gasteiger charge is -2.21. The molecule has 2 rings (SSSR count). The Bertz CT molecular complexity index is 594. The van der Waals surface area contributed by atoms with Gasteiger partial charge in [-0.05, 0) is 42.7 Å². The van der Waals surface area contributed by atoms with Crippen LogP contribution in [0.2, 0.25) is 15.2 Å². The van der Waals surface area contributed by atoms with Crippen LogP contribution in [0.25, 0.3) is 0 Å². The Balaban J connectivity index is 2.34. The Morgan fingerprint density at radius 1 is 1.20 bits per heavy atom. The van der Waals surface area contributed by atoms with Crippen molar-refractivity contribution in [2.24, 2.45) is 0 Å². The summed E-state index contributed by atoms with van der Waals surface area (Å²) in [5.74, 6) is 0. The van der Waals surface area contributed by atoms with Gasteiger partial charge in [0.15, 0.2) is 5.15 Å². The number of benzene rings is 1. The number of aryl methyl sites for hydroxylation is 1. The van der Waals surface area contributed by atoms with E-state index in [1.165, 1.54) is 0 Å². The minimum Gasteiger partial charge on any atom is -0.375 e. The molecule has 20 heavy (non-hydrogen) atoms. The molecule has 1 aromatic carbocycles. The molecule has 1 unspecified atom stereocenters. The third-order valence-corrected chi connectivity index (χ3v) is 4.03. The minimum atomic E-state index is 0.0557. The first-order valence-electron chi connectivity index (χ1n) is 6.35. The fourth-order valence-corrected chi connectivity index (χ4v) is 2.86. The van der Waals surface area contributed by atoms with Gasteiger partial charge in [-0.2, -0.15) is 0 Å². The summed E-state index contributed by atoms with van der Waals surface area (Å²) in [6, 6.07) is 7.50. The lowest BCUT2D eigenvalue weighted by Crippen LogP contribution is -2.12. The minimum absolute atomic E-state index is 0.0557. The molecule has 106 valence electrons. The number of anilines is 1. The van der Waals surface area contributed by atoms with E-state index in [0.29, 0.717) is 15.2 Å². The summed E-state index contributed by atoms with van der Waals surface area (Å²) in [6.45, 7) is 4.08. The SMILES string of the molecule is CCC(Nc1c(C)ccnc1Cl)c1ccc(Cl)cc1Cl. The molecule has 0 fully saturated rings. The summed E-state index contributed by atoms with van der Waals surface area (Å²) in [5, 5.41) is 5.16. The van der Waals surface area contributed by atoms with Crippen LogP contribution in [0.1, 0.15) is 30.5 Å². The topological polar surface area (TPSA) is 24.9 Å². The van der Waals surface area contributed by atoms with Gasteiger partial charge in [-0.15, -0.1) is 0 Å². The van der Waals surface area contributed by atoms with Crippen molar-refractivity contribution in [2.75, 3.05) is 5.32 Å².